The van der Waals surface area contributed by atoms with Gasteiger partial charge in [-0.15, -0.1) is 0 Å². The molecular formula is C24H24O7. The van der Waals surface area contributed by atoms with Crippen molar-refractivity contribution in [3.8, 4) is 23.0 Å². The number of aromatic carboxylic acids is 1. The summed E-state index contributed by atoms with van der Waals surface area (Å²) < 4.78 is 22.1. The number of ether oxygens (including phenoxy) is 4. The van der Waals surface area contributed by atoms with Gasteiger partial charge >= 0.3 is 5.97 Å². The Morgan fingerprint density at radius 2 is 1.29 bits per heavy atom. The maximum absolute atomic E-state index is 11.9. The highest BCUT2D eigenvalue weighted by Crippen LogP contribution is 2.35. The summed E-state index contributed by atoms with van der Waals surface area (Å²) in [7, 11) is 3.17. The lowest BCUT2D eigenvalue weighted by atomic mass is 10.1. The van der Waals surface area contributed by atoms with Crippen LogP contribution in [0.3, 0.4) is 0 Å². The maximum atomic E-state index is 11.9. The van der Waals surface area contributed by atoms with Gasteiger partial charge in [0.2, 0.25) is 0 Å². The molecule has 0 aromatic heterocycles. The third kappa shape index (κ3) is 5.46. The van der Waals surface area contributed by atoms with E-state index in [-0.39, 0.29) is 35.8 Å². The van der Waals surface area contributed by atoms with E-state index in [2.05, 4.69) is 0 Å². The van der Waals surface area contributed by atoms with Crippen LogP contribution in [-0.2, 0) is 19.8 Å². The normalized spacial score (nSPS) is 10.4. The summed E-state index contributed by atoms with van der Waals surface area (Å²) in [6.07, 6.45) is 0. The summed E-state index contributed by atoms with van der Waals surface area (Å²) in [6, 6.07) is 17.7. The molecule has 3 aromatic rings. The Bertz CT molecular complexity index is 1010. The fourth-order valence-electron chi connectivity index (χ4n) is 2.99. The lowest BCUT2D eigenvalue weighted by Crippen LogP contribution is -2.10. The minimum Gasteiger partial charge on any atom is -0.497 e. The highest BCUT2D eigenvalue weighted by Gasteiger charge is 2.22. The zero-order chi connectivity index (χ0) is 22.2. The van der Waals surface area contributed by atoms with Crippen molar-refractivity contribution in [1.29, 1.82) is 0 Å². The molecule has 3 rings (SSSR count). The Morgan fingerprint density at radius 1 is 0.774 bits per heavy atom. The van der Waals surface area contributed by atoms with Crippen molar-refractivity contribution in [3.05, 3.63) is 82.9 Å². The molecule has 0 aliphatic rings. The standard InChI is InChI=1S/C24H24O7/c1-28-19-8-3-16(4-9-19)14-30-21-12-7-18(13-25)22(24(26)27)23(21)31-15-17-5-10-20(29-2)11-6-17/h3-12,25H,13-15H2,1-2H3,(H,26,27). The molecule has 0 amide bonds. The number of methoxy groups -OCH3 is 2. The molecule has 2 N–H and O–H groups in total. The number of hydrogen-bond acceptors (Lipinski definition) is 6. The van der Waals surface area contributed by atoms with Gasteiger partial charge < -0.3 is 29.2 Å². The van der Waals surface area contributed by atoms with E-state index in [4.69, 9.17) is 18.9 Å². The smallest absolute Gasteiger partial charge is 0.340 e. The average Bonchev–Trinajstić information content (AvgIpc) is 2.81. The number of rotatable bonds is 10. The lowest BCUT2D eigenvalue weighted by Gasteiger charge is -2.17. The Morgan fingerprint density at radius 3 is 1.74 bits per heavy atom. The molecule has 7 heteroatoms. The number of aliphatic hydroxyl groups excluding tert-OH is 1. The van der Waals surface area contributed by atoms with Crippen molar-refractivity contribution in [1.82, 2.24) is 0 Å². The molecule has 0 spiro atoms. The van der Waals surface area contributed by atoms with Crippen LogP contribution in [0.25, 0.3) is 0 Å². The Balaban J connectivity index is 1.86. The van der Waals surface area contributed by atoms with E-state index >= 15 is 0 Å². The zero-order valence-electron chi connectivity index (χ0n) is 17.3. The fraction of sp³-hybridized carbons (Fsp3) is 0.208. The van der Waals surface area contributed by atoms with Crippen LogP contribution in [0.5, 0.6) is 23.0 Å². The molecule has 0 fully saturated rings. The van der Waals surface area contributed by atoms with Gasteiger partial charge in [-0.1, -0.05) is 30.3 Å². The number of benzene rings is 3. The van der Waals surface area contributed by atoms with Crippen LogP contribution in [0.15, 0.2) is 60.7 Å². The van der Waals surface area contributed by atoms with Crippen LogP contribution < -0.4 is 18.9 Å². The second kappa shape index (κ2) is 10.4. The van der Waals surface area contributed by atoms with E-state index in [1.807, 2.05) is 36.4 Å². The van der Waals surface area contributed by atoms with E-state index in [9.17, 15) is 15.0 Å². The highest BCUT2D eigenvalue weighted by atomic mass is 16.5. The number of carboxylic acids is 1. The van der Waals surface area contributed by atoms with Gasteiger partial charge in [-0.05, 0) is 47.0 Å². The van der Waals surface area contributed by atoms with Gasteiger partial charge in [-0.2, -0.15) is 0 Å². The van der Waals surface area contributed by atoms with E-state index in [1.165, 1.54) is 6.07 Å². The van der Waals surface area contributed by atoms with E-state index < -0.39 is 12.6 Å². The lowest BCUT2D eigenvalue weighted by molar-refractivity contribution is 0.0686. The van der Waals surface area contributed by atoms with E-state index in [0.29, 0.717) is 5.75 Å². The molecule has 0 heterocycles. The van der Waals surface area contributed by atoms with Crippen LogP contribution in [0.2, 0.25) is 0 Å². The molecule has 162 valence electrons. The van der Waals surface area contributed by atoms with Gasteiger partial charge in [0, 0.05) is 0 Å². The Kier molecular flexibility index (Phi) is 7.35. The molecule has 3 aromatic carbocycles. The maximum Gasteiger partial charge on any atom is 0.340 e. The quantitative estimate of drug-likeness (QED) is 0.507. The van der Waals surface area contributed by atoms with Gasteiger partial charge in [-0.25, -0.2) is 4.79 Å². The Labute approximate surface area is 180 Å². The van der Waals surface area contributed by atoms with Gasteiger partial charge in [0.25, 0.3) is 0 Å². The van der Waals surface area contributed by atoms with Crippen molar-refractivity contribution in [2.75, 3.05) is 14.2 Å². The van der Waals surface area contributed by atoms with E-state index in [0.717, 1.165) is 16.9 Å². The monoisotopic (exact) mass is 424 g/mol. The predicted octanol–water partition coefficient (Wildman–Crippen LogP) is 4.05. The van der Waals surface area contributed by atoms with Crippen LogP contribution in [0.1, 0.15) is 27.0 Å². The summed E-state index contributed by atoms with van der Waals surface area (Å²) in [5.41, 5.74) is 1.83. The van der Waals surface area contributed by atoms with Crippen molar-refractivity contribution < 1.29 is 34.0 Å². The molecule has 0 bridgehead atoms. The van der Waals surface area contributed by atoms with Gasteiger partial charge in [0.05, 0.1) is 20.8 Å². The summed E-state index contributed by atoms with van der Waals surface area (Å²) in [4.78, 5) is 11.9. The second-order valence-corrected chi connectivity index (χ2v) is 6.66. The Hall–Kier alpha value is -3.71. The van der Waals surface area contributed by atoms with Crippen molar-refractivity contribution >= 4 is 5.97 Å². The van der Waals surface area contributed by atoms with Crippen molar-refractivity contribution in [2.45, 2.75) is 19.8 Å². The van der Waals surface area contributed by atoms with Crippen molar-refractivity contribution in [2.24, 2.45) is 0 Å². The third-order valence-corrected chi connectivity index (χ3v) is 4.69. The van der Waals surface area contributed by atoms with Gasteiger partial charge in [0.15, 0.2) is 11.5 Å². The molecule has 0 saturated heterocycles. The molecule has 0 radical (unpaired) electrons. The van der Waals surface area contributed by atoms with E-state index in [1.54, 1.807) is 32.4 Å². The molecule has 31 heavy (non-hydrogen) atoms. The van der Waals surface area contributed by atoms with Crippen LogP contribution in [0, 0.1) is 0 Å². The van der Waals surface area contributed by atoms with Gasteiger partial charge in [-0.3, -0.25) is 0 Å². The van der Waals surface area contributed by atoms with Crippen molar-refractivity contribution in [3.63, 3.8) is 0 Å². The second-order valence-electron chi connectivity index (χ2n) is 6.66. The zero-order valence-corrected chi connectivity index (χ0v) is 17.3. The summed E-state index contributed by atoms with van der Waals surface area (Å²) in [5, 5.41) is 19.3. The summed E-state index contributed by atoms with van der Waals surface area (Å²) >= 11 is 0. The summed E-state index contributed by atoms with van der Waals surface area (Å²) in [6.45, 7) is -0.0994. The third-order valence-electron chi connectivity index (χ3n) is 4.69. The predicted molar refractivity (Wildman–Crippen MR) is 114 cm³/mol. The minimum absolute atomic E-state index is 0.0726. The molecule has 7 nitrogen and oxygen atoms in total. The van der Waals surface area contributed by atoms with Gasteiger partial charge in [0.1, 0.15) is 30.3 Å². The molecule has 0 saturated carbocycles. The molecule has 0 unspecified atom stereocenters. The molecule has 0 aliphatic heterocycles. The minimum atomic E-state index is -1.20. The molecule has 0 atom stereocenters. The number of hydrogen-bond donors (Lipinski definition) is 2. The first-order valence-corrected chi connectivity index (χ1v) is 9.57. The molecule has 0 aliphatic carbocycles. The first-order valence-electron chi connectivity index (χ1n) is 9.57. The first kappa shape index (κ1) is 22.0. The van der Waals surface area contributed by atoms with Crippen LogP contribution in [0.4, 0.5) is 0 Å². The van der Waals surface area contributed by atoms with Crippen LogP contribution >= 0.6 is 0 Å². The topological polar surface area (TPSA) is 94.5 Å². The molecular weight excluding hydrogens is 400 g/mol. The first-order chi connectivity index (χ1) is 15.0. The number of carboxylic acid groups (broad SMARTS) is 1. The van der Waals surface area contributed by atoms with Crippen LogP contribution in [-0.4, -0.2) is 30.4 Å². The number of carbonyl (C=O) groups is 1. The number of aliphatic hydroxyl groups is 1. The summed E-state index contributed by atoms with van der Waals surface area (Å²) in [5.74, 6) is 0.583. The highest BCUT2D eigenvalue weighted by molar-refractivity contribution is 5.93. The average molecular weight is 424 g/mol. The largest absolute Gasteiger partial charge is 0.497 e. The fourth-order valence-corrected chi connectivity index (χ4v) is 2.99. The SMILES string of the molecule is COc1ccc(COc2ccc(CO)c(C(=O)O)c2OCc2ccc(OC)cc2)cc1.